The summed E-state index contributed by atoms with van der Waals surface area (Å²) in [6.45, 7) is 8.80. The van der Waals surface area contributed by atoms with E-state index < -0.39 is 47.8 Å². The lowest BCUT2D eigenvalue weighted by molar-refractivity contribution is -0.127. The molecule has 3 aromatic heterocycles. The first-order valence-electron chi connectivity index (χ1n) is 18.3. The molecule has 0 spiro atoms. The van der Waals surface area contributed by atoms with Crippen molar-refractivity contribution in [3.63, 3.8) is 0 Å². The number of hydrogen-bond acceptors (Lipinski definition) is 9. The van der Waals surface area contributed by atoms with Crippen LogP contribution < -0.4 is 26.4 Å². The van der Waals surface area contributed by atoms with Crippen LogP contribution in [0.2, 0.25) is 5.04 Å². The Morgan fingerprint density at radius 1 is 0.946 bits per heavy atom. The number of methoxy groups -OCH3 is 2. The number of benzene rings is 3. The van der Waals surface area contributed by atoms with Crippen molar-refractivity contribution in [2.75, 3.05) is 27.4 Å². The fourth-order valence-electron chi connectivity index (χ4n) is 7.41. The topological polar surface area (TPSA) is 127 Å². The molecule has 0 saturated heterocycles. The number of ketones is 1. The molecule has 1 atom stereocenters. The fraction of sp³-hybridized carbons (Fsp3) is 0.333. The summed E-state index contributed by atoms with van der Waals surface area (Å²) < 4.78 is 35.9. The van der Waals surface area contributed by atoms with E-state index in [2.05, 4.69) is 5.10 Å². The summed E-state index contributed by atoms with van der Waals surface area (Å²) in [5, 5.41) is 5.70. The van der Waals surface area contributed by atoms with Gasteiger partial charge in [-0.1, -0.05) is 85.8 Å². The zero-order valence-corrected chi connectivity index (χ0v) is 34.4. The van der Waals surface area contributed by atoms with Gasteiger partial charge in [-0.3, -0.25) is 14.2 Å². The van der Waals surface area contributed by atoms with Gasteiger partial charge in [-0.05, 0) is 60.4 Å². The summed E-state index contributed by atoms with van der Waals surface area (Å²) in [7, 11) is -0.661. The van der Waals surface area contributed by atoms with Crippen LogP contribution in [0.4, 0.5) is 4.39 Å². The van der Waals surface area contributed by atoms with Crippen LogP contribution in [0.3, 0.4) is 0 Å². The molecule has 0 radical (unpaired) electrons. The minimum atomic E-state index is -3.65. The van der Waals surface area contributed by atoms with E-state index in [9.17, 15) is 18.8 Å². The number of Topliss-reactive ketones (excluding diaryl/α,β-unsaturated/α-hetero) is 1. The molecular weight excluding hydrogens is 752 g/mol. The number of aromatic nitrogens is 4. The molecule has 3 aromatic carbocycles. The average Bonchev–Trinajstić information content (AvgIpc) is 3.84. The van der Waals surface area contributed by atoms with Gasteiger partial charge < -0.3 is 19.0 Å². The quantitative estimate of drug-likeness (QED) is 0.101. The number of fused-ring (bicyclic) bond motifs is 1. The second-order valence-electron chi connectivity index (χ2n) is 14.9. The van der Waals surface area contributed by atoms with Crippen molar-refractivity contribution >= 4 is 46.0 Å². The van der Waals surface area contributed by atoms with Gasteiger partial charge >= 0.3 is 5.69 Å². The van der Waals surface area contributed by atoms with Gasteiger partial charge in [0.1, 0.15) is 33.0 Å². The second kappa shape index (κ2) is 16.2. The molecule has 0 aliphatic heterocycles. The summed E-state index contributed by atoms with van der Waals surface area (Å²) in [6, 6.07) is 24.5. The van der Waals surface area contributed by atoms with E-state index in [0.29, 0.717) is 26.7 Å². The second-order valence-corrected chi connectivity index (χ2v) is 19.8. The Kier molecular flexibility index (Phi) is 11.8. The van der Waals surface area contributed by atoms with Crippen molar-refractivity contribution in [2.45, 2.75) is 64.3 Å². The maximum absolute atomic E-state index is 15.0. The Labute approximate surface area is 329 Å². The van der Waals surface area contributed by atoms with Gasteiger partial charge in [-0.25, -0.2) is 18.4 Å². The van der Waals surface area contributed by atoms with Crippen molar-refractivity contribution in [1.29, 1.82) is 0 Å². The highest BCUT2D eigenvalue weighted by Gasteiger charge is 2.52. The molecule has 0 saturated carbocycles. The van der Waals surface area contributed by atoms with Crippen molar-refractivity contribution in [2.24, 2.45) is 0 Å². The van der Waals surface area contributed by atoms with E-state index in [1.165, 1.54) is 48.3 Å². The third kappa shape index (κ3) is 7.34. The van der Waals surface area contributed by atoms with Crippen LogP contribution in [0.15, 0.2) is 107 Å². The van der Waals surface area contributed by atoms with Crippen molar-refractivity contribution in [3.05, 3.63) is 135 Å². The minimum Gasteiger partial charge on any atom is -0.496 e. The largest absolute Gasteiger partial charge is 0.496 e. The zero-order valence-electron chi connectivity index (χ0n) is 32.6. The van der Waals surface area contributed by atoms with Crippen LogP contribution in [0.5, 0.6) is 5.75 Å². The predicted octanol–water partition coefficient (Wildman–Crippen LogP) is 5.50. The van der Waals surface area contributed by atoms with Crippen molar-refractivity contribution in [1.82, 2.24) is 18.9 Å². The molecule has 11 nitrogen and oxygen atoms in total. The maximum atomic E-state index is 15.0. The number of ether oxygens (including phenoxy) is 3. The van der Waals surface area contributed by atoms with E-state index in [1.807, 2.05) is 74.5 Å². The minimum absolute atomic E-state index is 0.106. The van der Waals surface area contributed by atoms with E-state index in [0.717, 1.165) is 14.9 Å². The highest BCUT2D eigenvalue weighted by molar-refractivity contribution is 7.21. The zero-order chi connectivity index (χ0) is 40.4. The maximum Gasteiger partial charge on any atom is 0.333 e. The fourth-order valence-corrected chi connectivity index (χ4v) is 12.3. The number of carbonyl (C=O) groups is 1. The molecule has 14 heteroatoms. The van der Waals surface area contributed by atoms with Gasteiger partial charge in [-0.2, -0.15) is 5.10 Å². The standard InChI is InChI=1S/C42H47FN4O7SSi/c1-28-36-37(49)47(42(4,5)35(48)26-41(2,3)56(51,30-15-10-8-11-16-30)31-17-12-9-13-18-31)40(50)45(39(36)55-38(28)46-22-14-21-44-46)27-34(54-24-23-52-6)32-25-29(43)19-20-33(32)53-7/h8-22,25,34,51H,23-24,26-27H2,1-7H3/t34-/m0/s1. The number of hydrogen-bond donors (Lipinski definition) is 1. The van der Waals surface area contributed by atoms with E-state index in [1.54, 1.807) is 43.9 Å². The number of nitrogens with zero attached hydrogens (tertiary/aromatic N) is 4. The molecule has 294 valence electrons. The lowest BCUT2D eigenvalue weighted by Crippen LogP contribution is -2.66. The van der Waals surface area contributed by atoms with Crippen LogP contribution in [0.25, 0.3) is 15.2 Å². The first kappa shape index (κ1) is 40.7. The van der Waals surface area contributed by atoms with Gasteiger partial charge in [0.15, 0.2) is 5.78 Å². The highest BCUT2D eigenvalue weighted by atomic mass is 32.1. The molecule has 0 aliphatic rings. The van der Waals surface area contributed by atoms with Gasteiger partial charge in [0.25, 0.3) is 13.9 Å². The van der Waals surface area contributed by atoms with Crippen molar-refractivity contribution in [3.8, 4) is 10.8 Å². The third-order valence-electron chi connectivity index (χ3n) is 10.6. The first-order chi connectivity index (χ1) is 26.7. The summed E-state index contributed by atoms with van der Waals surface area (Å²) in [5.74, 6) is -0.595. The van der Waals surface area contributed by atoms with Crippen LogP contribution in [0.1, 0.15) is 51.3 Å². The molecule has 0 aliphatic carbocycles. The molecule has 0 bridgehead atoms. The summed E-state index contributed by atoms with van der Waals surface area (Å²) in [4.78, 5) is 57.8. The highest BCUT2D eigenvalue weighted by Crippen LogP contribution is 2.41. The Morgan fingerprint density at radius 3 is 2.16 bits per heavy atom. The van der Waals surface area contributed by atoms with Crippen LogP contribution in [-0.4, -0.2) is 65.2 Å². The number of thiophene rings is 1. The van der Waals surface area contributed by atoms with E-state index in [-0.39, 0.29) is 31.6 Å². The molecule has 0 amide bonds. The van der Waals surface area contributed by atoms with E-state index >= 15 is 4.79 Å². The molecular formula is C42H47FN4O7SSi. The third-order valence-corrected chi connectivity index (χ3v) is 16.4. The molecule has 6 aromatic rings. The average molecular weight is 799 g/mol. The number of halogens is 1. The Balaban J connectivity index is 1.53. The number of rotatable bonds is 16. The molecule has 1 N–H and O–H groups in total. The Hall–Kier alpha value is -4.99. The number of aryl methyl sites for hydroxylation is 1. The van der Waals surface area contributed by atoms with Crippen LogP contribution >= 0.6 is 11.3 Å². The lowest BCUT2D eigenvalue weighted by Gasteiger charge is -2.42. The summed E-state index contributed by atoms with van der Waals surface area (Å²) >= 11 is 1.20. The van der Waals surface area contributed by atoms with Gasteiger partial charge in [-0.15, -0.1) is 0 Å². The van der Waals surface area contributed by atoms with Gasteiger partial charge in [0, 0.05) is 37.1 Å². The Morgan fingerprint density at radius 2 is 1.59 bits per heavy atom. The lowest BCUT2D eigenvalue weighted by atomic mass is 9.91. The van der Waals surface area contributed by atoms with E-state index in [4.69, 9.17) is 14.2 Å². The smallest absolute Gasteiger partial charge is 0.333 e. The normalized spacial score (nSPS) is 12.9. The van der Waals surface area contributed by atoms with Crippen LogP contribution in [0, 0.1) is 12.7 Å². The Bertz CT molecular complexity index is 2410. The van der Waals surface area contributed by atoms with Crippen LogP contribution in [-0.2, 0) is 26.4 Å². The SMILES string of the molecule is COCCO[C@@H](Cn1c(=O)n(C(C)(C)C(=O)CC(C)(C)[Si](O)(c2ccccc2)c2ccccc2)c(=O)c2c(C)c(-n3cccn3)sc21)c1cc(F)ccc1OC. The first-order valence-corrected chi connectivity index (χ1v) is 21.0. The predicted molar refractivity (Wildman–Crippen MR) is 219 cm³/mol. The molecule has 3 heterocycles. The molecule has 0 unspecified atom stereocenters. The number of carbonyl (C=O) groups excluding carboxylic acids is 1. The molecule has 56 heavy (non-hydrogen) atoms. The van der Waals surface area contributed by atoms with Gasteiger partial charge in [0.05, 0.1) is 32.3 Å². The monoisotopic (exact) mass is 798 g/mol. The van der Waals surface area contributed by atoms with Crippen molar-refractivity contribution < 1.29 is 28.2 Å². The molecule has 0 fully saturated rings. The summed E-state index contributed by atoms with van der Waals surface area (Å²) in [6.07, 6.45) is 2.27. The van der Waals surface area contributed by atoms with Gasteiger partial charge in [0.2, 0.25) is 0 Å². The molecule has 6 rings (SSSR count). The summed E-state index contributed by atoms with van der Waals surface area (Å²) in [5.41, 5.74) is -2.15.